The molecule has 1 unspecified atom stereocenters. The van der Waals surface area contributed by atoms with Gasteiger partial charge in [-0.3, -0.25) is 14.6 Å². The first-order valence-electron chi connectivity index (χ1n) is 10.3. The van der Waals surface area contributed by atoms with E-state index in [4.69, 9.17) is 14.1 Å². The molecule has 4 heterocycles. The zero-order valence-electron chi connectivity index (χ0n) is 16.7. The van der Waals surface area contributed by atoms with Crippen LogP contribution in [-0.4, -0.2) is 54.0 Å². The molecule has 7 heteroatoms. The van der Waals surface area contributed by atoms with Crippen LogP contribution in [0, 0.1) is 6.92 Å². The second kappa shape index (κ2) is 8.78. The topological polar surface area (TPSA) is 84.7 Å². The minimum atomic E-state index is -0.0973. The van der Waals surface area contributed by atoms with Gasteiger partial charge in [0.05, 0.1) is 29.2 Å². The van der Waals surface area contributed by atoms with Crippen LogP contribution < -0.4 is 5.32 Å². The maximum absolute atomic E-state index is 12.8. The molecule has 29 heavy (non-hydrogen) atoms. The molecule has 154 valence electrons. The molecule has 0 radical (unpaired) electrons. The number of likely N-dealkylation sites (tertiary alicyclic amines) is 1. The summed E-state index contributed by atoms with van der Waals surface area (Å²) in [4.78, 5) is 31.9. The molecule has 0 spiro atoms. The fraction of sp³-hybridized carbons (Fsp3) is 0.500. The molecule has 0 bridgehead atoms. The second-order valence-electron chi connectivity index (χ2n) is 7.81. The Balaban J connectivity index is 1.42. The van der Waals surface area contributed by atoms with Gasteiger partial charge in [0, 0.05) is 37.9 Å². The Morgan fingerprint density at radius 2 is 2.03 bits per heavy atom. The van der Waals surface area contributed by atoms with E-state index >= 15 is 0 Å². The van der Waals surface area contributed by atoms with Crippen molar-refractivity contribution in [3.8, 4) is 0 Å². The van der Waals surface area contributed by atoms with Gasteiger partial charge in [0.25, 0.3) is 11.8 Å². The van der Waals surface area contributed by atoms with Crippen LogP contribution in [0.1, 0.15) is 63.7 Å². The van der Waals surface area contributed by atoms with Crippen molar-refractivity contribution in [2.24, 2.45) is 0 Å². The fourth-order valence-corrected chi connectivity index (χ4v) is 4.11. The predicted molar refractivity (Wildman–Crippen MR) is 107 cm³/mol. The molecule has 2 aliphatic heterocycles. The standard InChI is InChI=1S/C22H27N3O4/c1-15-4-5-19(21(26)23-13-18-3-2-11-29-18)20(24-15)16-6-9-25(10-7-16)22(27)17-8-12-28-14-17/h4-5,8,12,14,16,18H,2-3,6-7,9-11,13H2,1H3,(H,23,26). The quantitative estimate of drug-likeness (QED) is 0.839. The van der Waals surface area contributed by atoms with E-state index in [2.05, 4.69) is 5.32 Å². The largest absolute Gasteiger partial charge is 0.472 e. The van der Waals surface area contributed by atoms with E-state index in [0.717, 1.165) is 43.7 Å². The highest BCUT2D eigenvalue weighted by Crippen LogP contribution is 2.30. The molecular weight excluding hydrogens is 370 g/mol. The summed E-state index contributed by atoms with van der Waals surface area (Å²) < 4.78 is 10.6. The first kappa shape index (κ1) is 19.6. The van der Waals surface area contributed by atoms with Gasteiger partial charge in [-0.05, 0) is 50.8 Å². The van der Waals surface area contributed by atoms with E-state index < -0.39 is 0 Å². The van der Waals surface area contributed by atoms with Crippen molar-refractivity contribution in [1.82, 2.24) is 15.2 Å². The Morgan fingerprint density at radius 3 is 2.72 bits per heavy atom. The van der Waals surface area contributed by atoms with Gasteiger partial charge < -0.3 is 19.4 Å². The molecule has 7 nitrogen and oxygen atoms in total. The molecular formula is C22H27N3O4. The summed E-state index contributed by atoms with van der Waals surface area (Å²) in [6.45, 7) is 4.52. The number of ether oxygens (including phenoxy) is 1. The van der Waals surface area contributed by atoms with Crippen molar-refractivity contribution in [3.05, 3.63) is 53.2 Å². The molecule has 2 amide bonds. The summed E-state index contributed by atoms with van der Waals surface area (Å²) in [6, 6.07) is 5.43. The van der Waals surface area contributed by atoms with Gasteiger partial charge in [-0.1, -0.05) is 0 Å². The van der Waals surface area contributed by atoms with Crippen molar-refractivity contribution in [2.75, 3.05) is 26.2 Å². The lowest BCUT2D eigenvalue weighted by molar-refractivity contribution is 0.0709. The highest BCUT2D eigenvalue weighted by Gasteiger charge is 2.29. The summed E-state index contributed by atoms with van der Waals surface area (Å²) in [6.07, 6.45) is 6.71. The first-order valence-corrected chi connectivity index (χ1v) is 10.3. The number of furan rings is 1. The number of aromatic nitrogens is 1. The summed E-state index contributed by atoms with van der Waals surface area (Å²) in [7, 11) is 0. The molecule has 1 N–H and O–H groups in total. The van der Waals surface area contributed by atoms with Crippen LogP contribution in [0.25, 0.3) is 0 Å². The molecule has 0 saturated carbocycles. The SMILES string of the molecule is Cc1ccc(C(=O)NCC2CCCO2)c(C2CCN(C(=O)c3ccoc3)CC2)n1. The van der Waals surface area contributed by atoms with E-state index in [1.165, 1.54) is 12.5 Å². The predicted octanol–water partition coefficient (Wildman–Crippen LogP) is 2.91. The van der Waals surface area contributed by atoms with Crippen LogP contribution in [0.2, 0.25) is 0 Å². The first-order chi connectivity index (χ1) is 14.1. The number of nitrogens with zero attached hydrogens (tertiary/aromatic N) is 2. The van der Waals surface area contributed by atoms with Crippen LogP contribution in [0.3, 0.4) is 0 Å². The lowest BCUT2D eigenvalue weighted by atomic mass is 9.89. The third-order valence-corrected chi connectivity index (χ3v) is 5.76. The van der Waals surface area contributed by atoms with Crippen molar-refractivity contribution < 1.29 is 18.7 Å². The maximum atomic E-state index is 12.8. The lowest BCUT2D eigenvalue weighted by Gasteiger charge is -2.32. The van der Waals surface area contributed by atoms with Gasteiger partial charge >= 0.3 is 0 Å². The van der Waals surface area contributed by atoms with E-state index in [1.54, 1.807) is 6.07 Å². The van der Waals surface area contributed by atoms with Crippen LogP contribution in [0.5, 0.6) is 0 Å². The number of carbonyl (C=O) groups excluding carboxylic acids is 2. The van der Waals surface area contributed by atoms with Gasteiger partial charge in [0.15, 0.2) is 0 Å². The number of hydrogen-bond acceptors (Lipinski definition) is 5. The van der Waals surface area contributed by atoms with Gasteiger partial charge in [-0.15, -0.1) is 0 Å². The Morgan fingerprint density at radius 1 is 1.21 bits per heavy atom. The highest BCUT2D eigenvalue weighted by molar-refractivity contribution is 5.95. The van der Waals surface area contributed by atoms with E-state index in [0.29, 0.717) is 30.8 Å². The molecule has 1 atom stereocenters. The molecule has 0 aliphatic carbocycles. The number of aryl methyl sites for hydroxylation is 1. The van der Waals surface area contributed by atoms with E-state index in [9.17, 15) is 9.59 Å². The number of piperidine rings is 1. The van der Waals surface area contributed by atoms with Crippen LogP contribution in [-0.2, 0) is 4.74 Å². The van der Waals surface area contributed by atoms with E-state index in [-0.39, 0.29) is 23.8 Å². The van der Waals surface area contributed by atoms with Gasteiger partial charge in [0.1, 0.15) is 6.26 Å². The summed E-state index contributed by atoms with van der Waals surface area (Å²) in [5.74, 6) is 0.0515. The van der Waals surface area contributed by atoms with Crippen LogP contribution in [0.4, 0.5) is 0 Å². The molecule has 0 aromatic carbocycles. The third-order valence-electron chi connectivity index (χ3n) is 5.76. The van der Waals surface area contributed by atoms with Crippen LogP contribution >= 0.6 is 0 Å². The van der Waals surface area contributed by atoms with Crippen molar-refractivity contribution >= 4 is 11.8 Å². The molecule has 2 aromatic rings. The molecule has 2 fully saturated rings. The number of hydrogen-bond donors (Lipinski definition) is 1. The monoisotopic (exact) mass is 397 g/mol. The number of amides is 2. The second-order valence-corrected chi connectivity index (χ2v) is 7.81. The average Bonchev–Trinajstić information content (AvgIpc) is 3.46. The maximum Gasteiger partial charge on any atom is 0.257 e. The molecule has 4 rings (SSSR count). The zero-order chi connectivity index (χ0) is 20.2. The van der Waals surface area contributed by atoms with Crippen molar-refractivity contribution in [3.63, 3.8) is 0 Å². The van der Waals surface area contributed by atoms with Crippen LogP contribution in [0.15, 0.2) is 35.1 Å². The molecule has 2 aromatic heterocycles. The van der Waals surface area contributed by atoms with Gasteiger partial charge in [-0.2, -0.15) is 0 Å². The minimum Gasteiger partial charge on any atom is -0.472 e. The van der Waals surface area contributed by atoms with Gasteiger partial charge in [-0.25, -0.2) is 0 Å². The number of rotatable bonds is 5. The minimum absolute atomic E-state index is 0.0102. The molecule has 2 aliphatic rings. The Labute approximate surface area is 170 Å². The summed E-state index contributed by atoms with van der Waals surface area (Å²) >= 11 is 0. The third kappa shape index (κ3) is 4.50. The van der Waals surface area contributed by atoms with Crippen molar-refractivity contribution in [2.45, 2.75) is 44.6 Å². The Hall–Kier alpha value is -2.67. The summed E-state index contributed by atoms with van der Waals surface area (Å²) in [5, 5.41) is 3.01. The van der Waals surface area contributed by atoms with E-state index in [1.807, 2.05) is 24.0 Å². The fourth-order valence-electron chi connectivity index (χ4n) is 4.11. The Bertz CT molecular complexity index is 851. The van der Waals surface area contributed by atoms with Crippen molar-refractivity contribution in [1.29, 1.82) is 0 Å². The average molecular weight is 397 g/mol. The molecule has 2 saturated heterocycles. The zero-order valence-corrected chi connectivity index (χ0v) is 16.7. The van der Waals surface area contributed by atoms with Gasteiger partial charge in [0.2, 0.25) is 0 Å². The number of carbonyl (C=O) groups is 2. The number of pyridine rings is 1. The summed E-state index contributed by atoms with van der Waals surface area (Å²) in [5.41, 5.74) is 2.94. The number of nitrogens with one attached hydrogen (secondary N) is 1. The Kier molecular flexibility index (Phi) is 5.94. The smallest absolute Gasteiger partial charge is 0.257 e. The lowest BCUT2D eigenvalue weighted by Crippen LogP contribution is -2.38. The highest BCUT2D eigenvalue weighted by atomic mass is 16.5. The normalized spacial score (nSPS) is 20.0.